The molecule has 0 aliphatic heterocycles. The van der Waals surface area contributed by atoms with E-state index in [1.165, 1.54) is 6.20 Å². The number of pyridine rings is 1. The zero-order valence-corrected chi connectivity index (χ0v) is 13.7. The molecule has 0 aromatic carbocycles. The molecule has 0 aliphatic carbocycles. The first-order valence-electron chi connectivity index (χ1n) is 7.56. The van der Waals surface area contributed by atoms with Gasteiger partial charge in [-0.1, -0.05) is 6.08 Å². The van der Waals surface area contributed by atoms with E-state index in [1.54, 1.807) is 22.9 Å². The molecule has 0 saturated heterocycles. The van der Waals surface area contributed by atoms with E-state index in [0.29, 0.717) is 24.2 Å². The Morgan fingerprint density at radius 3 is 2.67 bits per heavy atom. The number of rotatable bonds is 7. The van der Waals surface area contributed by atoms with Gasteiger partial charge in [-0.25, -0.2) is 14.5 Å². The maximum absolute atomic E-state index is 12.2. The Morgan fingerprint density at radius 2 is 2.17 bits per heavy atom. The van der Waals surface area contributed by atoms with Crippen molar-refractivity contribution in [3.63, 3.8) is 0 Å². The van der Waals surface area contributed by atoms with Gasteiger partial charge in [-0.3, -0.25) is 4.79 Å². The summed E-state index contributed by atoms with van der Waals surface area (Å²) in [5.41, 5.74) is 2.11. The van der Waals surface area contributed by atoms with Crippen LogP contribution in [0, 0.1) is 13.8 Å². The van der Waals surface area contributed by atoms with E-state index >= 15 is 0 Å². The zero-order chi connectivity index (χ0) is 17.7. The molecule has 2 rings (SSSR count). The van der Waals surface area contributed by atoms with E-state index in [1.807, 2.05) is 19.9 Å². The number of carbonyl (C=O) groups excluding carboxylic acids is 1. The molecule has 2 aromatic heterocycles. The van der Waals surface area contributed by atoms with E-state index in [2.05, 4.69) is 22.0 Å². The van der Waals surface area contributed by atoms with E-state index in [4.69, 9.17) is 5.11 Å². The van der Waals surface area contributed by atoms with Gasteiger partial charge in [0.1, 0.15) is 6.04 Å². The second-order valence-corrected chi connectivity index (χ2v) is 5.47. The minimum absolute atomic E-state index is 0.293. The summed E-state index contributed by atoms with van der Waals surface area (Å²) in [5, 5.41) is 16.0. The fourth-order valence-corrected chi connectivity index (χ4v) is 2.29. The van der Waals surface area contributed by atoms with Crippen molar-refractivity contribution < 1.29 is 14.7 Å². The lowest BCUT2D eigenvalue weighted by Gasteiger charge is -2.13. The maximum Gasteiger partial charge on any atom is 0.326 e. The van der Waals surface area contributed by atoms with Crippen LogP contribution in [0.3, 0.4) is 0 Å². The Bertz CT molecular complexity index is 750. The number of hydrogen-bond donors (Lipinski definition) is 2. The van der Waals surface area contributed by atoms with Crippen LogP contribution in [0.15, 0.2) is 37.1 Å². The van der Waals surface area contributed by atoms with Gasteiger partial charge in [-0.15, -0.1) is 6.58 Å². The monoisotopic (exact) mass is 328 g/mol. The number of aliphatic carboxylic acids is 1. The molecule has 0 fully saturated rings. The molecule has 1 unspecified atom stereocenters. The molecule has 0 saturated carbocycles. The molecular weight excluding hydrogens is 308 g/mol. The lowest BCUT2D eigenvalue weighted by Crippen LogP contribution is -2.40. The van der Waals surface area contributed by atoms with Crippen LogP contribution in [0.4, 0.5) is 0 Å². The van der Waals surface area contributed by atoms with Gasteiger partial charge in [0.25, 0.3) is 5.91 Å². The standard InChI is InChI=1S/C17H20N4O3/c1-4-5-6-14(17(23)24)19-16(22)13-7-8-15(18-10-13)21-12(3)9-11(2)20-21/h4,7-10,14H,1,5-6H2,2-3H3,(H,19,22)(H,23,24). The van der Waals surface area contributed by atoms with E-state index in [9.17, 15) is 9.59 Å². The van der Waals surface area contributed by atoms with Crippen molar-refractivity contribution in [2.45, 2.75) is 32.7 Å². The first-order valence-corrected chi connectivity index (χ1v) is 7.56. The highest BCUT2D eigenvalue weighted by atomic mass is 16.4. The minimum atomic E-state index is -1.07. The number of nitrogens with one attached hydrogen (secondary N) is 1. The average molecular weight is 328 g/mol. The summed E-state index contributed by atoms with van der Waals surface area (Å²) in [4.78, 5) is 27.6. The summed E-state index contributed by atoms with van der Waals surface area (Å²) in [6.45, 7) is 7.36. The van der Waals surface area contributed by atoms with Crippen molar-refractivity contribution in [3.8, 4) is 5.82 Å². The molecule has 2 aromatic rings. The number of aromatic nitrogens is 3. The van der Waals surface area contributed by atoms with Crippen LogP contribution < -0.4 is 5.32 Å². The second-order valence-electron chi connectivity index (χ2n) is 5.47. The van der Waals surface area contributed by atoms with Gasteiger partial charge in [0, 0.05) is 11.9 Å². The van der Waals surface area contributed by atoms with Crippen LogP contribution in [0.1, 0.15) is 34.6 Å². The van der Waals surface area contributed by atoms with Crippen molar-refractivity contribution in [1.82, 2.24) is 20.1 Å². The molecule has 24 heavy (non-hydrogen) atoms. The Kier molecular flexibility index (Phi) is 5.47. The predicted molar refractivity (Wildman–Crippen MR) is 89.2 cm³/mol. The highest BCUT2D eigenvalue weighted by Crippen LogP contribution is 2.10. The summed E-state index contributed by atoms with van der Waals surface area (Å²) in [5.74, 6) is -0.949. The molecule has 126 valence electrons. The molecule has 2 N–H and O–H groups in total. The van der Waals surface area contributed by atoms with Crippen LogP contribution in [0.2, 0.25) is 0 Å². The Morgan fingerprint density at radius 1 is 1.42 bits per heavy atom. The van der Waals surface area contributed by atoms with Gasteiger partial charge in [-0.05, 0) is 44.9 Å². The van der Waals surface area contributed by atoms with E-state index in [0.717, 1.165) is 11.4 Å². The topological polar surface area (TPSA) is 97.1 Å². The van der Waals surface area contributed by atoms with Gasteiger partial charge in [0.15, 0.2) is 5.82 Å². The molecule has 7 heteroatoms. The predicted octanol–water partition coefficient (Wildman–Crippen LogP) is 2.03. The van der Waals surface area contributed by atoms with Gasteiger partial charge in [0.05, 0.1) is 11.3 Å². The quantitative estimate of drug-likeness (QED) is 0.758. The lowest BCUT2D eigenvalue weighted by molar-refractivity contribution is -0.139. The summed E-state index contributed by atoms with van der Waals surface area (Å²) in [6, 6.07) is 4.25. The Balaban J connectivity index is 2.12. The van der Waals surface area contributed by atoms with Crippen molar-refractivity contribution >= 4 is 11.9 Å². The van der Waals surface area contributed by atoms with E-state index in [-0.39, 0.29) is 0 Å². The normalized spacial score (nSPS) is 11.8. The van der Waals surface area contributed by atoms with Crippen LogP contribution in [-0.2, 0) is 4.79 Å². The molecule has 0 aliphatic rings. The Labute approximate surface area is 140 Å². The molecule has 2 heterocycles. The molecule has 1 amide bonds. The summed E-state index contributed by atoms with van der Waals surface area (Å²) in [6.07, 6.45) is 3.83. The van der Waals surface area contributed by atoms with Gasteiger partial charge >= 0.3 is 5.97 Å². The molecule has 0 radical (unpaired) electrons. The first kappa shape index (κ1) is 17.4. The van der Waals surface area contributed by atoms with Crippen molar-refractivity contribution in [2.24, 2.45) is 0 Å². The van der Waals surface area contributed by atoms with Crippen LogP contribution >= 0.6 is 0 Å². The first-order chi connectivity index (χ1) is 11.4. The van der Waals surface area contributed by atoms with Gasteiger partial charge in [0.2, 0.25) is 0 Å². The molecule has 7 nitrogen and oxygen atoms in total. The highest BCUT2D eigenvalue weighted by molar-refractivity contribution is 5.96. The van der Waals surface area contributed by atoms with Crippen molar-refractivity contribution in [3.05, 3.63) is 54.0 Å². The van der Waals surface area contributed by atoms with E-state index < -0.39 is 17.9 Å². The molecular formula is C17H20N4O3. The third-order valence-electron chi connectivity index (χ3n) is 3.50. The number of nitrogens with zero attached hydrogens (tertiary/aromatic N) is 3. The van der Waals surface area contributed by atoms with Crippen LogP contribution in [0.5, 0.6) is 0 Å². The second kappa shape index (κ2) is 7.54. The number of hydrogen-bond acceptors (Lipinski definition) is 4. The van der Waals surface area contributed by atoms with Crippen LogP contribution in [0.25, 0.3) is 5.82 Å². The van der Waals surface area contributed by atoms with Crippen molar-refractivity contribution in [1.29, 1.82) is 0 Å². The van der Waals surface area contributed by atoms with Crippen LogP contribution in [-0.4, -0.2) is 37.8 Å². The average Bonchev–Trinajstić information content (AvgIpc) is 2.89. The zero-order valence-electron chi connectivity index (χ0n) is 13.7. The summed E-state index contributed by atoms with van der Waals surface area (Å²) in [7, 11) is 0. The van der Waals surface area contributed by atoms with Crippen molar-refractivity contribution in [2.75, 3.05) is 0 Å². The number of carbonyl (C=O) groups is 2. The summed E-state index contributed by atoms with van der Waals surface area (Å²) >= 11 is 0. The fraction of sp³-hybridized carbons (Fsp3) is 0.294. The fourth-order valence-electron chi connectivity index (χ4n) is 2.29. The largest absolute Gasteiger partial charge is 0.480 e. The summed E-state index contributed by atoms with van der Waals surface area (Å²) < 4.78 is 1.68. The maximum atomic E-state index is 12.2. The van der Waals surface area contributed by atoms with Gasteiger partial charge in [-0.2, -0.15) is 5.10 Å². The number of aryl methyl sites for hydroxylation is 2. The molecule has 0 spiro atoms. The number of amides is 1. The molecule has 0 bridgehead atoms. The van der Waals surface area contributed by atoms with Gasteiger partial charge < -0.3 is 10.4 Å². The molecule has 1 atom stereocenters. The lowest BCUT2D eigenvalue weighted by atomic mass is 10.1. The smallest absolute Gasteiger partial charge is 0.326 e. The number of allylic oxidation sites excluding steroid dienone is 1. The Hall–Kier alpha value is -2.96. The third kappa shape index (κ3) is 4.07. The number of carboxylic acids is 1. The SMILES string of the molecule is C=CCCC(NC(=O)c1ccc(-n2nc(C)cc2C)nc1)C(=O)O. The minimum Gasteiger partial charge on any atom is -0.480 e. The third-order valence-corrected chi connectivity index (χ3v) is 3.50. The number of carboxylic acid groups (broad SMARTS) is 1. The highest BCUT2D eigenvalue weighted by Gasteiger charge is 2.20.